The number of carboxylic acids is 1. The Kier molecular flexibility index (Phi) is 6.88. The lowest BCUT2D eigenvalue weighted by molar-refractivity contribution is -0.154. The number of nitrogens with zero attached hydrogens (tertiary/aromatic N) is 2. The third-order valence-electron chi connectivity index (χ3n) is 7.59. The van der Waals surface area contributed by atoms with Gasteiger partial charge in [-0.1, -0.05) is 6.92 Å². The van der Waals surface area contributed by atoms with Crippen LogP contribution < -0.4 is 10.5 Å². The molecule has 0 amide bonds. The maximum absolute atomic E-state index is 13.1. The van der Waals surface area contributed by atoms with Crippen LogP contribution in [0, 0.1) is 0 Å². The van der Waals surface area contributed by atoms with Crippen molar-refractivity contribution in [3.05, 3.63) is 51.2 Å². The van der Waals surface area contributed by atoms with E-state index in [-0.39, 0.29) is 34.5 Å². The van der Waals surface area contributed by atoms with Crippen LogP contribution in [-0.4, -0.2) is 39.7 Å². The first kappa shape index (κ1) is 27.7. The smallest absolute Gasteiger partial charge is 0.349 e. The van der Waals surface area contributed by atoms with Gasteiger partial charge in [0.1, 0.15) is 28.2 Å². The third-order valence-corrected chi connectivity index (χ3v) is 7.59. The summed E-state index contributed by atoms with van der Waals surface area (Å²) in [5.74, 6) is -0.250. The maximum atomic E-state index is 13.1. The molecule has 0 spiro atoms. The minimum absolute atomic E-state index is 0.124. The van der Waals surface area contributed by atoms with Gasteiger partial charge in [0, 0.05) is 47.6 Å². The van der Waals surface area contributed by atoms with Crippen molar-refractivity contribution in [1.29, 1.82) is 0 Å². The van der Waals surface area contributed by atoms with Gasteiger partial charge in [-0.05, 0) is 83.6 Å². The molecule has 1 N–H and O–H groups in total. The highest BCUT2D eigenvalue weighted by Gasteiger charge is 2.37. The Morgan fingerprint density at radius 3 is 2.62 bits per heavy atom. The second kappa shape index (κ2) is 9.94. The second-order valence-electron chi connectivity index (χ2n) is 12.5. The lowest BCUT2D eigenvalue weighted by Gasteiger charge is -2.47. The topological polar surface area (TPSA) is 123 Å². The van der Waals surface area contributed by atoms with E-state index in [9.17, 15) is 19.5 Å². The molecule has 3 heterocycles. The highest BCUT2D eigenvalue weighted by Crippen LogP contribution is 2.45. The number of ether oxygens (including phenoxy) is 1. The summed E-state index contributed by atoms with van der Waals surface area (Å²) in [7, 11) is 0. The monoisotopic (exact) mass is 548 g/mol. The fraction of sp³-hybridized carbons (Fsp3) is 0.484. The number of carbonyl (C=O) groups is 2. The van der Waals surface area contributed by atoms with Crippen LogP contribution in [0.2, 0.25) is 0 Å². The molecule has 0 saturated heterocycles. The molecule has 40 heavy (non-hydrogen) atoms. The van der Waals surface area contributed by atoms with E-state index in [1.54, 1.807) is 6.07 Å². The summed E-state index contributed by atoms with van der Waals surface area (Å²) in [5, 5.41) is 10.1. The fourth-order valence-corrected chi connectivity index (χ4v) is 5.87. The first-order valence-corrected chi connectivity index (χ1v) is 13.8. The van der Waals surface area contributed by atoms with Crippen LogP contribution in [0.5, 0.6) is 0 Å². The molecule has 0 fully saturated rings. The van der Waals surface area contributed by atoms with Gasteiger partial charge in [0.25, 0.3) is 0 Å². The molecule has 212 valence electrons. The number of fused-ring (bicyclic) bond motifs is 3. The maximum Gasteiger partial charge on any atom is 0.349 e. The molecule has 1 aliphatic carbocycles. The number of benzene rings is 1. The van der Waals surface area contributed by atoms with Crippen LogP contribution in [0.25, 0.3) is 28.5 Å². The van der Waals surface area contributed by atoms with Crippen molar-refractivity contribution < 1.29 is 28.3 Å². The van der Waals surface area contributed by atoms with E-state index in [1.807, 2.05) is 26.8 Å². The SMILES string of the molecule is CC1CC(C)(C)N(CCCC(=O)OC(C)(C)C)c2cc3oc(=O)c(-c4nc5c(o4)CCC(C(=O)O)=C5)cc3cc21. The molecular weight excluding hydrogens is 512 g/mol. The summed E-state index contributed by atoms with van der Waals surface area (Å²) in [6.45, 7) is 12.8. The minimum atomic E-state index is -0.985. The van der Waals surface area contributed by atoms with Crippen molar-refractivity contribution in [2.75, 3.05) is 11.4 Å². The van der Waals surface area contributed by atoms with Gasteiger partial charge < -0.3 is 23.6 Å². The van der Waals surface area contributed by atoms with E-state index >= 15 is 0 Å². The number of aromatic nitrogens is 1. The molecule has 0 saturated carbocycles. The lowest BCUT2D eigenvalue weighted by atomic mass is 9.79. The van der Waals surface area contributed by atoms with Crippen LogP contribution >= 0.6 is 0 Å². The van der Waals surface area contributed by atoms with E-state index in [0.29, 0.717) is 49.3 Å². The van der Waals surface area contributed by atoms with Crippen LogP contribution in [-0.2, 0) is 20.7 Å². The molecule has 1 unspecified atom stereocenters. The number of esters is 1. The summed E-state index contributed by atoms with van der Waals surface area (Å²) in [6.07, 6.45) is 4.13. The van der Waals surface area contributed by atoms with Gasteiger partial charge in [0.2, 0.25) is 5.89 Å². The average molecular weight is 549 g/mol. The van der Waals surface area contributed by atoms with Crippen molar-refractivity contribution in [3.8, 4) is 11.5 Å². The zero-order valence-corrected chi connectivity index (χ0v) is 23.9. The second-order valence-corrected chi connectivity index (χ2v) is 12.5. The molecule has 1 aliphatic heterocycles. The number of oxazole rings is 1. The van der Waals surface area contributed by atoms with Gasteiger partial charge in [-0.25, -0.2) is 14.6 Å². The van der Waals surface area contributed by atoms with Gasteiger partial charge in [-0.15, -0.1) is 0 Å². The number of carbonyl (C=O) groups excluding carboxylic acids is 1. The summed E-state index contributed by atoms with van der Waals surface area (Å²) >= 11 is 0. The van der Waals surface area contributed by atoms with Crippen molar-refractivity contribution in [1.82, 2.24) is 4.98 Å². The third kappa shape index (κ3) is 5.42. The molecule has 0 bridgehead atoms. The van der Waals surface area contributed by atoms with Gasteiger partial charge >= 0.3 is 17.6 Å². The molecular formula is C31H36N2O7. The summed E-state index contributed by atoms with van der Waals surface area (Å²) in [6, 6.07) is 5.71. The predicted octanol–water partition coefficient (Wildman–Crippen LogP) is 6.08. The molecule has 5 rings (SSSR count). The van der Waals surface area contributed by atoms with E-state index in [0.717, 1.165) is 23.1 Å². The molecule has 3 aromatic rings. The zero-order valence-electron chi connectivity index (χ0n) is 23.9. The van der Waals surface area contributed by atoms with Crippen LogP contribution in [0.3, 0.4) is 0 Å². The lowest BCUT2D eigenvalue weighted by Crippen LogP contribution is -2.48. The van der Waals surface area contributed by atoms with Gasteiger partial charge in [0.05, 0.1) is 0 Å². The minimum Gasteiger partial charge on any atom is -0.478 e. The van der Waals surface area contributed by atoms with Crippen LogP contribution in [0.4, 0.5) is 5.69 Å². The van der Waals surface area contributed by atoms with E-state index in [1.165, 1.54) is 6.08 Å². The normalized spacial score (nSPS) is 18.2. The zero-order chi connectivity index (χ0) is 29.0. The first-order valence-electron chi connectivity index (χ1n) is 13.8. The number of rotatable bonds is 6. The number of hydrogen-bond donors (Lipinski definition) is 1. The first-order chi connectivity index (χ1) is 18.7. The largest absolute Gasteiger partial charge is 0.478 e. The number of aliphatic carboxylic acids is 1. The van der Waals surface area contributed by atoms with Crippen molar-refractivity contribution in [3.63, 3.8) is 0 Å². The Labute approximate surface area is 232 Å². The standard InChI is InChI=1S/C31H36N2O7/c1-17-16-31(5,6)33(11-7-8-26(34)40-30(2,3)4)23-15-25-19(12-20(17)23)13-21(29(37)39-25)27-32-22-14-18(28(35)36)9-10-24(22)38-27/h12-15,17H,7-11,16H2,1-6H3,(H,35,36). The van der Waals surface area contributed by atoms with Crippen molar-refractivity contribution in [2.24, 2.45) is 0 Å². The van der Waals surface area contributed by atoms with Gasteiger partial charge in [0.15, 0.2) is 0 Å². The van der Waals surface area contributed by atoms with Crippen LogP contribution in [0.15, 0.2) is 37.4 Å². The van der Waals surface area contributed by atoms with Crippen molar-refractivity contribution >= 4 is 34.7 Å². The highest BCUT2D eigenvalue weighted by atomic mass is 16.6. The highest BCUT2D eigenvalue weighted by molar-refractivity contribution is 5.93. The van der Waals surface area contributed by atoms with E-state index in [4.69, 9.17) is 13.6 Å². The Balaban J connectivity index is 1.47. The average Bonchev–Trinajstić information content (AvgIpc) is 3.26. The molecule has 1 aromatic carbocycles. The van der Waals surface area contributed by atoms with Crippen LogP contribution in [0.1, 0.15) is 90.2 Å². The van der Waals surface area contributed by atoms with E-state index < -0.39 is 17.2 Å². The summed E-state index contributed by atoms with van der Waals surface area (Å²) in [5.41, 5.74) is 2.24. The Hall–Kier alpha value is -3.88. The molecule has 2 aromatic heterocycles. The number of hydrogen-bond acceptors (Lipinski definition) is 8. The summed E-state index contributed by atoms with van der Waals surface area (Å²) in [4.78, 5) is 43.5. The van der Waals surface area contributed by atoms with E-state index in [2.05, 4.69) is 36.7 Å². The predicted molar refractivity (Wildman–Crippen MR) is 151 cm³/mol. The molecule has 9 nitrogen and oxygen atoms in total. The molecule has 9 heteroatoms. The quantitative estimate of drug-likeness (QED) is 0.288. The fourth-order valence-electron chi connectivity index (χ4n) is 5.87. The number of aryl methyl sites for hydroxylation is 1. The van der Waals surface area contributed by atoms with Crippen molar-refractivity contribution in [2.45, 2.75) is 90.7 Å². The molecule has 2 aliphatic rings. The molecule has 0 radical (unpaired) electrons. The molecule has 1 atom stereocenters. The Morgan fingerprint density at radius 1 is 1.18 bits per heavy atom. The number of anilines is 1. The van der Waals surface area contributed by atoms with Gasteiger partial charge in [-0.3, -0.25) is 4.79 Å². The summed E-state index contributed by atoms with van der Waals surface area (Å²) < 4.78 is 17.1. The van der Waals surface area contributed by atoms with Gasteiger partial charge in [-0.2, -0.15) is 0 Å². The number of carboxylic acid groups (broad SMARTS) is 1. The Bertz CT molecular complexity index is 1590. The Morgan fingerprint density at radius 2 is 1.93 bits per heavy atom.